The number of rotatable bonds is 1. The number of nitrogen functional groups attached to an aromatic ring is 1. The highest BCUT2D eigenvalue weighted by Gasteiger charge is 2.01. The van der Waals surface area contributed by atoms with Crippen molar-refractivity contribution in [2.75, 3.05) is 5.73 Å². The SMILES string of the molecule is Cc1cc(N)ccc1[C@@H](C)N. The molecule has 4 N–H and O–H groups in total. The molecular formula is C9H14N2. The molecule has 0 aliphatic carbocycles. The average Bonchev–Trinajstić information content (AvgIpc) is 1.85. The fraction of sp³-hybridized carbons (Fsp3) is 0.333. The van der Waals surface area contributed by atoms with Gasteiger partial charge in [-0.25, -0.2) is 0 Å². The summed E-state index contributed by atoms with van der Waals surface area (Å²) < 4.78 is 0. The molecule has 0 saturated heterocycles. The minimum absolute atomic E-state index is 0.0931. The van der Waals surface area contributed by atoms with Crippen molar-refractivity contribution in [2.45, 2.75) is 19.9 Å². The Labute approximate surface area is 67.2 Å². The van der Waals surface area contributed by atoms with E-state index in [4.69, 9.17) is 11.5 Å². The first kappa shape index (κ1) is 8.08. The average molecular weight is 150 g/mol. The number of anilines is 1. The molecule has 0 unspecified atom stereocenters. The molecule has 0 amide bonds. The molecule has 0 aromatic heterocycles. The lowest BCUT2D eigenvalue weighted by molar-refractivity contribution is 0.810. The molecule has 1 aromatic carbocycles. The Morgan fingerprint density at radius 3 is 2.45 bits per heavy atom. The van der Waals surface area contributed by atoms with E-state index in [1.165, 1.54) is 11.1 Å². The molecule has 0 heterocycles. The van der Waals surface area contributed by atoms with E-state index in [9.17, 15) is 0 Å². The van der Waals surface area contributed by atoms with Crippen molar-refractivity contribution in [3.8, 4) is 0 Å². The number of hydrogen-bond donors (Lipinski definition) is 2. The van der Waals surface area contributed by atoms with Gasteiger partial charge in [-0.3, -0.25) is 0 Å². The quantitative estimate of drug-likeness (QED) is 0.597. The first-order chi connectivity index (χ1) is 5.11. The lowest BCUT2D eigenvalue weighted by atomic mass is 10.0. The Kier molecular flexibility index (Phi) is 2.15. The summed E-state index contributed by atoms with van der Waals surface area (Å²) in [7, 11) is 0. The fourth-order valence-electron chi connectivity index (χ4n) is 1.21. The number of aryl methyl sites for hydroxylation is 1. The van der Waals surface area contributed by atoms with E-state index in [-0.39, 0.29) is 6.04 Å². The molecule has 0 aliphatic heterocycles. The van der Waals surface area contributed by atoms with Crippen LogP contribution >= 0.6 is 0 Å². The van der Waals surface area contributed by atoms with Gasteiger partial charge in [0.25, 0.3) is 0 Å². The van der Waals surface area contributed by atoms with E-state index in [0.717, 1.165) is 5.69 Å². The van der Waals surface area contributed by atoms with Crippen LogP contribution in [0.1, 0.15) is 24.1 Å². The second-order valence-corrected chi connectivity index (χ2v) is 2.90. The lowest BCUT2D eigenvalue weighted by Crippen LogP contribution is -2.06. The van der Waals surface area contributed by atoms with Crippen LogP contribution in [0.25, 0.3) is 0 Å². The second-order valence-electron chi connectivity index (χ2n) is 2.90. The number of hydrogen-bond acceptors (Lipinski definition) is 2. The van der Waals surface area contributed by atoms with Gasteiger partial charge < -0.3 is 11.5 Å². The summed E-state index contributed by atoms with van der Waals surface area (Å²) in [5, 5.41) is 0. The van der Waals surface area contributed by atoms with E-state index in [2.05, 4.69) is 0 Å². The van der Waals surface area contributed by atoms with Crippen molar-refractivity contribution in [2.24, 2.45) is 5.73 Å². The Balaban J connectivity index is 3.09. The summed E-state index contributed by atoms with van der Waals surface area (Å²) in [4.78, 5) is 0. The minimum atomic E-state index is 0.0931. The third kappa shape index (κ3) is 1.71. The summed E-state index contributed by atoms with van der Waals surface area (Å²) in [5.74, 6) is 0. The molecule has 11 heavy (non-hydrogen) atoms. The maximum Gasteiger partial charge on any atom is 0.0316 e. The summed E-state index contributed by atoms with van der Waals surface area (Å²) in [5.41, 5.74) is 14.4. The molecule has 60 valence electrons. The maximum atomic E-state index is 5.72. The zero-order chi connectivity index (χ0) is 8.43. The topological polar surface area (TPSA) is 52.0 Å². The van der Waals surface area contributed by atoms with Crippen LogP contribution in [0.4, 0.5) is 5.69 Å². The zero-order valence-corrected chi connectivity index (χ0v) is 6.96. The lowest BCUT2D eigenvalue weighted by Gasteiger charge is -2.09. The predicted molar refractivity (Wildman–Crippen MR) is 48.2 cm³/mol. The molecule has 2 nitrogen and oxygen atoms in total. The first-order valence-electron chi connectivity index (χ1n) is 3.73. The van der Waals surface area contributed by atoms with Crippen molar-refractivity contribution in [1.29, 1.82) is 0 Å². The third-order valence-electron chi connectivity index (χ3n) is 1.78. The predicted octanol–water partition coefficient (Wildman–Crippen LogP) is 1.60. The Hall–Kier alpha value is -1.02. The van der Waals surface area contributed by atoms with Crippen LogP contribution in [0.3, 0.4) is 0 Å². The summed E-state index contributed by atoms with van der Waals surface area (Å²) >= 11 is 0. The first-order valence-corrected chi connectivity index (χ1v) is 3.73. The van der Waals surface area contributed by atoms with Gasteiger partial charge in [-0.15, -0.1) is 0 Å². The molecule has 0 bridgehead atoms. The Morgan fingerprint density at radius 2 is 2.00 bits per heavy atom. The smallest absolute Gasteiger partial charge is 0.0316 e. The minimum Gasteiger partial charge on any atom is -0.399 e. The van der Waals surface area contributed by atoms with Gasteiger partial charge in [-0.1, -0.05) is 6.07 Å². The van der Waals surface area contributed by atoms with Crippen molar-refractivity contribution >= 4 is 5.69 Å². The van der Waals surface area contributed by atoms with E-state index >= 15 is 0 Å². The Morgan fingerprint density at radius 1 is 1.36 bits per heavy atom. The molecule has 1 aromatic rings. The van der Waals surface area contributed by atoms with Crippen LogP contribution in [-0.2, 0) is 0 Å². The van der Waals surface area contributed by atoms with Gasteiger partial charge in [0.2, 0.25) is 0 Å². The van der Waals surface area contributed by atoms with Crippen LogP contribution in [-0.4, -0.2) is 0 Å². The molecule has 0 spiro atoms. The van der Waals surface area contributed by atoms with Gasteiger partial charge >= 0.3 is 0 Å². The standard InChI is InChI=1S/C9H14N2/c1-6-5-8(11)3-4-9(6)7(2)10/h3-5,7H,10-11H2,1-2H3/t7-/m1/s1. The Bertz CT molecular complexity index is 254. The number of benzene rings is 1. The summed E-state index contributed by atoms with van der Waals surface area (Å²) in [6, 6.07) is 5.90. The number of nitrogens with two attached hydrogens (primary N) is 2. The van der Waals surface area contributed by atoms with Crippen LogP contribution in [0.2, 0.25) is 0 Å². The maximum absolute atomic E-state index is 5.72. The molecule has 1 rings (SSSR count). The van der Waals surface area contributed by atoms with E-state index in [0.29, 0.717) is 0 Å². The van der Waals surface area contributed by atoms with Gasteiger partial charge in [-0.05, 0) is 37.1 Å². The van der Waals surface area contributed by atoms with Gasteiger partial charge in [-0.2, -0.15) is 0 Å². The van der Waals surface area contributed by atoms with Crippen molar-refractivity contribution in [3.05, 3.63) is 29.3 Å². The molecule has 0 aliphatic rings. The van der Waals surface area contributed by atoms with E-state index < -0.39 is 0 Å². The summed E-state index contributed by atoms with van der Waals surface area (Å²) in [6.07, 6.45) is 0. The molecule has 2 heteroatoms. The van der Waals surface area contributed by atoms with Gasteiger partial charge in [0.05, 0.1) is 0 Å². The van der Waals surface area contributed by atoms with Crippen molar-refractivity contribution in [3.63, 3.8) is 0 Å². The third-order valence-corrected chi connectivity index (χ3v) is 1.78. The van der Waals surface area contributed by atoms with E-state index in [1.54, 1.807) is 0 Å². The normalized spacial score (nSPS) is 13.0. The highest BCUT2D eigenvalue weighted by Crippen LogP contribution is 2.17. The van der Waals surface area contributed by atoms with Crippen LogP contribution < -0.4 is 11.5 Å². The molecule has 0 fully saturated rings. The molecular weight excluding hydrogens is 136 g/mol. The second kappa shape index (κ2) is 2.93. The zero-order valence-electron chi connectivity index (χ0n) is 6.96. The molecule has 0 saturated carbocycles. The van der Waals surface area contributed by atoms with Gasteiger partial charge in [0, 0.05) is 11.7 Å². The van der Waals surface area contributed by atoms with Crippen LogP contribution in [0.15, 0.2) is 18.2 Å². The van der Waals surface area contributed by atoms with Gasteiger partial charge in [0.15, 0.2) is 0 Å². The largest absolute Gasteiger partial charge is 0.399 e. The highest BCUT2D eigenvalue weighted by atomic mass is 14.6. The fourth-order valence-corrected chi connectivity index (χ4v) is 1.21. The van der Waals surface area contributed by atoms with Crippen molar-refractivity contribution in [1.82, 2.24) is 0 Å². The van der Waals surface area contributed by atoms with Crippen molar-refractivity contribution < 1.29 is 0 Å². The molecule has 0 radical (unpaired) electrons. The monoisotopic (exact) mass is 150 g/mol. The van der Waals surface area contributed by atoms with Crippen LogP contribution in [0, 0.1) is 6.92 Å². The summed E-state index contributed by atoms with van der Waals surface area (Å²) in [6.45, 7) is 3.99. The van der Waals surface area contributed by atoms with Crippen LogP contribution in [0.5, 0.6) is 0 Å². The van der Waals surface area contributed by atoms with E-state index in [1.807, 2.05) is 32.0 Å². The van der Waals surface area contributed by atoms with Gasteiger partial charge in [0.1, 0.15) is 0 Å². The molecule has 1 atom stereocenters. The highest BCUT2D eigenvalue weighted by molar-refractivity contribution is 5.44.